The molecule has 0 radical (unpaired) electrons. The molecule has 0 atom stereocenters. The minimum Gasteiger partial charge on any atom is -0.497 e. The van der Waals surface area contributed by atoms with Gasteiger partial charge in [-0.3, -0.25) is 4.79 Å². The zero-order chi connectivity index (χ0) is 15.4. The van der Waals surface area contributed by atoms with Gasteiger partial charge in [0.05, 0.1) is 14.2 Å². The Bertz CT molecular complexity index is 631. The molecule has 0 saturated carbocycles. The SMILES string of the molecule is COc1cc(OC)cc(C(=O)Sc2nc(C)cc(C)n2)c1. The maximum absolute atomic E-state index is 12.3. The molecule has 0 fully saturated rings. The van der Waals surface area contributed by atoms with Crippen molar-refractivity contribution in [2.75, 3.05) is 14.2 Å². The van der Waals surface area contributed by atoms with Crippen molar-refractivity contribution >= 4 is 16.9 Å². The standard InChI is InChI=1S/C15H16N2O3S/c1-9-5-10(2)17-15(16-9)21-14(18)11-6-12(19-3)8-13(7-11)20-4/h5-8H,1-4H3. The first-order chi connectivity index (χ1) is 10.0. The number of carbonyl (C=O) groups excluding carboxylic acids is 1. The first-order valence-electron chi connectivity index (χ1n) is 6.29. The van der Waals surface area contributed by atoms with Crippen LogP contribution in [0.1, 0.15) is 21.7 Å². The Morgan fingerprint density at radius 2 is 1.48 bits per heavy atom. The number of nitrogens with zero attached hydrogens (tertiary/aromatic N) is 2. The van der Waals surface area contributed by atoms with Crippen molar-refractivity contribution < 1.29 is 14.3 Å². The second-order valence-corrected chi connectivity index (χ2v) is 5.36. The predicted octanol–water partition coefficient (Wildman–Crippen LogP) is 3.04. The molecule has 6 heteroatoms. The molecule has 2 rings (SSSR count). The van der Waals surface area contributed by atoms with E-state index in [2.05, 4.69) is 9.97 Å². The van der Waals surface area contributed by atoms with Crippen LogP contribution in [0, 0.1) is 13.8 Å². The molecule has 0 aliphatic carbocycles. The Labute approximate surface area is 127 Å². The van der Waals surface area contributed by atoms with E-state index in [0.29, 0.717) is 22.2 Å². The molecule has 5 nitrogen and oxygen atoms in total. The lowest BCUT2D eigenvalue weighted by Crippen LogP contribution is -2.00. The molecule has 0 amide bonds. The number of rotatable bonds is 4. The van der Waals surface area contributed by atoms with Gasteiger partial charge in [-0.15, -0.1) is 0 Å². The van der Waals surface area contributed by atoms with Crippen molar-refractivity contribution in [1.82, 2.24) is 9.97 Å². The van der Waals surface area contributed by atoms with Gasteiger partial charge < -0.3 is 9.47 Å². The Morgan fingerprint density at radius 3 is 1.95 bits per heavy atom. The largest absolute Gasteiger partial charge is 0.497 e. The maximum Gasteiger partial charge on any atom is 0.227 e. The minimum atomic E-state index is -0.155. The molecule has 21 heavy (non-hydrogen) atoms. The molecule has 0 unspecified atom stereocenters. The Morgan fingerprint density at radius 1 is 0.952 bits per heavy atom. The van der Waals surface area contributed by atoms with Gasteiger partial charge in [0.1, 0.15) is 11.5 Å². The lowest BCUT2D eigenvalue weighted by molar-refractivity contribution is 0.108. The molecule has 110 valence electrons. The quantitative estimate of drug-likeness (QED) is 0.639. The third-order valence-corrected chi connectivity index (χ3v) is 3.52. The number of hydrogen-bond donors (Lipinski definition) is 0. The topological polar surface area (TPSA) is 61.3 Å². The molecule has 0 N–H and O–H groups in total. The average Bonchev–Trinajstić information content (AvgIpc) is 2.45. The van der Waals surface area contributed by atoms with Gasteiger partial charge in [0, 0.05) is 23.0 Å². The van der Waals surface area contributed by atoms with Gasteiger partial charge in [-0.05, 0) is 43.8 Å². The fourth-order valence-electron chi connectivity index (χ4n) is 1.81. The summed E-state index contributed by atoms with van der Waals surface area (Å²) in [7, 11) is 3.09. The lowest BCUT2D eigenvalue weighted by atomic mass is 10.2. The smallest absolute Gasteiger partial charge is 0.227 e. The zero-order valence-corrected chi connectivity index (χ0v) is 13.2. The third kappa shape index (κ3) is 3.95. The molecule has 2 aromatic rings. The van der Waals surface area contributed by atoms with Gasteiger partial charge >= 0.3 is 0 Å². The van der Waals surface area contributed by atoms with Crippen LogP contribution >= 0.6 is 11.8 Å². The van der Waals surface area contributed by atoms with Crippen LogP contribution in [0.25, 0.3) is 0 Å². The Balaban J connectivity index is 2.27. The van der Waals surface area contributed by atoms with Crippen molar-refractivity contribution in [3.8, 4) is 11.5 Å². The lowest BCUT2D eigenvalue weighted by Gasteiger charge is -2.07. The number of aromatic nitrogens is 2. The summed E-state index contributed by atoms with van der Waals surface area (Å²) in [6, 6.07) is 6.92. The second kappa shape index (κ2) is 6.58. The van der Waals surface area contributed by atoms with Gasteiger partial charge in [-0.2, -0.15) is 0 Å². The van der Waals surface area contributed by atoms with E-state index in [-0.39, 0.29) is 5.12 Å². The number of thioether (sulfide) groups is 1. The van der Waals surface area contributed by atoms with E-state index >= 15 is 0 Å². The van der Waals surface area contributed by atoms with Crippen LogP contribution in [-0.2, 0) is 0 Å². The maximum atomic E-state index is 12.3. The van der Waals surface area contributed by atoms with Crippen LogP contribution in [-0.4, -0.2) is 29.3 Å². The molecule has 0 saturated heterocycles. The van der Waals surface area contributed by atoms with E-state index in [4.69, 9.17) is 9.47 Å². The highest BCUT2D eigenvalue weighted by Gasteiger charge is 2.14. The number of carbonyl (C=O) groups is 1. The molecule has 1 aromatic heterocycles. The van der Waals surface area contributed by atoms with Crippen LogP contribution in [0.5, 0.6) is 11.5 Å². The van der Waals surface area contributed by atoms with Crippen LogP contribution in [0.4, 0.5) is 0 Å². The van der Waals surface area contributed by atoms with Crippen molar-refractivity contribution in [2.45, 2.75) is 19.0 Å². The van der Waals surface area contributed by atoms with E-state index in [1.54, 1.807) is 32.4 Å². The Kier molecular flexibility index (Phi) is 4.80. The number of aryl methyl sites for hydroxylation is 2. The first kappa shape index (κ1) is 15.3. The number of ether oxygens (including phenoxy) is 2. The molecular weight excluding hydrogens is 288 g/mol. The van der Waals surface area contributed by atoms with E-state index < -0.39 is 0 Å². The normalized spacial score (nSPS) is 10.3. The number of benzene rings is 1. The van der Waals surface area contributed by atoms with Crippen molar-refractivity contribution in [2.24, 2.45) is 0 Å². The van der Waals surface area contributed by atoms with Crippen LogP contribution < -0.4 is 9.47 Å². The Hall–Kier alpha value is -2.08. The van der Waals surface area contributed by atoms with E-state index in [9.17, 15) is 4.79 Å². The summed E-state index contributed by atoms with van der Waals surface area (Å²) < 4.78 is 10.3. The van der Waals surface area contributed by atoms with Crippen LogP contribution in [0.2, 0.25) is 0 Å². The van der Waals surface area contributed by atoms with Crippen LogP contribution in [0.3, 0.4) is 0 Å². The molecule has 0 aliphatic rings. The third-order valence-electron chi connectivity index (χ3n) is 2.73. The van der Waals surface area contributed by atoms with Crippen molar-refractivity contribution in [1.29, 1.82) is 0 Å². The molecular formula is C15H16N2O3S. The number of methoxy groups -OCH3 is 2. The van der Waals surface area contributed by atoms with Gasteiger partial charge in [0.25, 0.3) is 0 Å². The van der Waals surface area contributed by atoms with E-state index in [1.807, 2.05) is 19.9 Å². The van der Waals surface area contributed by atoms with E-state index in [0.717, 1.165) is 23.1 Å². The zero-order valence-electron chi connectivity index (χ0n) is 12.3. The van der Waals surface area contributed by atoms with E-state index in [1.165, 1.54) is 0 Å². The second-order valence-electron chi connectivity index (χ2n) is 4.42. The van der Waals surface area contributed by atoms with Gasteiger partial charge in [0.15, 0.2) is 5.16 Å². The van der Waals surface area contributed by atoms with Crippen LogP contribution in [0.15, 0.2) is 29.4 Å². The molecule has 0 bridgehead atoms. The summed E-state index contributed by atoms with van der Waals surface area (Å²) in [5.74, 6) is 1.14. The van der Waals surface area contributed by atoms with Gasteiger partial charge in [-0.1, -0.05) is 0 Å². The number of hydrogen-bond acceptors (Lipinski definition) is 6. The highest BCUT2D eigenvalue weighted by Crippen LogP contribution is 2.27. The van der Waals surface area contributed by atoms with Gasteiger partial charge in [-0.25, -0.2) is 9.97 Å². The highest BCUT2D eigenvalue weighted by molar-refractivity contribution is 8.14. The van der Waals surface area contributed by atoms with Crippen molar-refractivity contribution in [3.05, 3.63) is 41.2 Å². The first-order valence-corrected chi connectivity index (χ1v) is 7.11. The average molecular weight is 304 g/mol. The van der Waals surface area contributed by atoms with Crippen molar-refractivity contribution in [3.63, 3.8) is 0 Å². The predicted molar refractivity (Wildman–Crippen MR) is 81.2 cm³/mol. The molecule has 1 heterocycles. The highest BCUT2D eigenvalue weighted by atomic mass is 32.2. The minimum absolute atomic E-state index is 0.155. The van der Waals surface area contributed by atoms with Gasteiger partial charge in [0.2, 0.25) is 5.12 Å². The molecule has 0 spiro atoms. The molecule has 1 aromatic carbocycles. The summed E-state index contributed by atoms with van der Waals surface area (Å²) in [6.07, 6.45) is 0. The summed E-state index contributed by atoms with van der Waals surface area (Å²) >= 11 is 0.991. The fraction of sp³-hybridized carbons (Fsp3) is 0.267. The fourth-order valence-corrected chi connectivity index (χ4v) is 2.59. The summed E-state index contributed by atoms with van der Waals surface area (Å²) in [5.41, 5.74) is 2.15. The monoisotopic (exact) mass is 304 g/mol. The summed E-state index contributed by atoms with van der Waals surface area (Å²) in [5, 5.41) is 0.288. The summed E-state index contributed by atoms with van der Waals surface area (Å²) in [6.45, 7) is 3.75. The summed E-state index contributed by atoms with van der Waals surface area (Å²) in [4.78, 5) is 20.9. The molecule has 0 aliphatic heterocycles.